The van der Waals surface area contributed by atoms with Crippen LogP contribution in [0.3, 0.4) is 0 Å². The van der Waals surface area contributed by atoms with Crippen LogP contribution in [0.4, 0.5) is 5.69 Å². The van der Waals surface area contributed by atoms with Gasteiger partial charge in [-0.25, -0.2) is 0 Å². The normalized spacial score (nSPS) is 16.3. The third-order valence-corrected chi connectivity index (χ3v) is 7.83. The highest BCUT2D eigenvalue weighted by atomic mass is 32.1. The number of anilines is 1. The van der Waals surface area contributed by atoms with Gasteiger partial charge in [-0.1, -0.05) is 24.3 Å². The zero-order chi connectivity index (χ0) is 24.4. The molecule has 1 aliphatic heterocycles. The number of aryl methyl sites for hydroxylation is 1. The van der Waals surface area contributed by atoms with Crippen LogP contribution in [0.15, 0.2) is 54.6 Å². The van der Waals surface area contributed by atoms with Crippen LogP contribution in [-0.4, -0.2) is 30.9 Å². The van der Waals surface area contributed by atoms with Crippen molar-refractivity contribution >= 4 is 28.8 Å². The van der Waals surface area contributed by atoms with Gasteiger partial charge in [0.2, 0.25) is 5.91 Å². The Hall–Kier alpha value is -3.16. The molecule has 2 aromatic carbocycles. The molecule has 1 aliphatic carbocycles. The Bertz CT molecular complexity index is 1230. The van der Waals surface area contributed by atoms with Gasteiger partial charge in [-0.15, -0.1) is 11.3 Å². The minimum absolute atomic E-state index is 0.0689. The van der Waals surface area contributed by atoms with Crippen LogP contribution in [0.5, 0.6) is 0 Å². The van der Waals surface area contributed by atoms with Crippen molar-refractivity contribution in [2.75, 3.05) is 18.4 Å². The Morgan fingerprint density at radius 3 is 2.66 bits per heavy atom. The van der Waals surface area contributed by atoms with E-state index in [0.29, 0.717) is 18.2 Å². The van der Waals surface area contributed by atoms with Crippen molar-refractivity contribution in [2.45, 2.75) is 45.3 Å². The van der Waals surface area contributed by atoms with Crippen molar-refractivity contribution in [3.8, 4) is 10.4 Å². The lowest BCUT2D eigenvalue weighted by Crippen LogP contribution is -2.51. The minimum atomic E-state index is -0.133. The van der Waals surface area contributed by atoms with Gasteiger partial charge in [0.25, 0.3) is 5.91 Å². The van der Waals surface area contributed by atoms with Crippen molar-refractivity contribution in [3.63, 3.8) is 0 Å². The van der Waals surface area contributed by atoms with E-state index in [1.54, 1.807) is 11.3 Å². The van der Waals surface area contributed by atoms with Gasteiger partial charge in [0, 0.05) is 40.0 Å². The molecule has 0 spiro atoms. The van der Waals surface area contributed by atoms with Crippen molar-refractivity contribution in [1.82, 2.24) is 16.0 Å². The van der Waals surface area contributed by atoms with E-state index in [1.165, 1.54) is 0 Å². The first kappa shape index (κ1) is 23.6. The number of carbonyl (C=O) groups excluding carboxylic acids is 2. The van der Waals surface area contributed by atoms with Crippen molar-refractivity contribution < 1.29 is 9.59 Å². The standard InChI is InChI=1S/C28H32N4O2S/c1-17-6-9-22(32-23-14-29-15-23)13-25(17)28(34)31-18(2)20-4-3-5-21(12-20)26-11-10-24(35-26)16-30-27(33)19-7-8-19/h3-6,9-13,18-19,23,29,32H,7-8,14-16H2,1-2H3,(H,30,33)(H,31,34)/t18-/m1/s1. The molecule has 1 atom stereocenters. The molecule has 2 amide bonds. The second-order valence-corrected chi connectivity index (χ2v) is 10.8. The second kappa shape index (κ2) is 10.2. The summed E-state index contributed by atoms with van der Waals surface area (Å²) < 4.78 is 0. The van der Waals surface area contributed by atoms with E-state index in [1.807, 2.05) is 44.2 Å². The lowest BCUT2D eigenvalue weighted by atomic mass is 10.0. The molecule has 1 aromatic heterocycles. The van der Waals surface area contributed by atoms with Gasteiger partial charge < -0.3 is 21.3 Å². The summed E-state index contributed by atoms with van der Waals surface area (Å²) in [5, 5.41) is 12.9. The molecule has 4 N–H and O–H groups in total. The van der Waals surface area contributed by atoms with Crippen LogP contribution in [0, 0.1) is 12.8 Å². The molecule has 7 heteroatoms. The summed E-state index contributed by atoms with van der Waals surface area (Å²) in [6.45, 7) is 6.46. The van der Waals surface area contributed by atoms with E-state index in [2.05, 4.69) is 45.5 Å². The summed E-state index contributed by atoms with van der Waals surface area (Å²) in [5.74, 6) is 0.328. The Morgan fingerprint density at radius 1 is 1.09 bits per heavy atom. The highest BCUT2D eigenvalue weighted by molar-refractivity contribution is 7.15. The average molecular weight is 489 g/mol. The molecule has 6 nitrogen and oxygen atoms in total. The van der Waals surface area contributed by atoms with E-state index in [-0.39, 0.29) is 23.8 Å². The van der Waals surface area contributed by atoms with Gasteiger partial charge in [-0.3, -0.25) is 9.59 Å². The maximum absolute atomic E-state index is 13.1. The first-order valence-corrected chi connectivity index (χ1v) is 13.1. The van der Waals surface area contributed by atoms with Gasteiger partial charge >= 0.3 is 0 Å². The molecule has 0 bridgehead atoms. The number of carbonyl (C=O) groups is 2. The molecular formula is C28H32N4O2S. The number of amides is 2. The van der Waals surface area contributed by atoms with Gasteiger partial charge in [0.15, 0.2) is 0 Å². The summed E-state index contributed by atoms with van der Waals surface area (Å²) >= 11 is 1.69. The largest absolute Gasteiger partial charge is 0.380 e. The maximum atomic E-state index is 13.1. The van der Waals surface area contributed by atoms with E-state index < -0.39 is 0 Å². The third-order valence-electron chi connectivity index (χ3n) is 6.70. The quantitative estimate of drug-likeness (QED) is 0.354. The Kier molecular flexibility index (Phi) is 6.88. The summed E-state index contributed by atoms with van der Waals surface area (Å²) in [7, 11) is 0. The third kappa shape index (κ3) is 5.74. The average Bonchev–Trinajstić information content (AvgIpc) is 3.58. The van der Waals surface area contributed by atoms with Crippen LogP contribution in [-0.2, 0) is 11.3 Å². The van der Waals surface area contributed by atoms with Crippen molar-refractivity contribution in [3.05, 3.63) is 76.2 Å². The van der Waals surface area contributed by atoms with Crippen LogP contribution < -0.4 is 21.3 Å². The first-order chi connectivity index (χ1) is 17.0. The molecular weight excluding hydrogens is 456 g/mol. The summed E-state index contributed by atoms with van der Waals surface area (Å²) in [4.78, 5) is 27.3. The topological polar surface area (TPSA) is 82.3 Å². The van der Waals surface area contributed by atoms with Crippen LogP contribution in [0.25, 0.3) is 10.4 Å². The molecule has 2 fully saturated rings. The Morgan fingerprint density at radius 2 is 1.91 bits per heavy atom. The van der Waals surface area contributed by atoms with Crippen LogP contribution in [0.1, 0.15) is 52.2 Å². The molecule has 0 radical (unpaired) electrons. The van der Waals surface area contributed by atoms with Gasteiger partial charge in [-0.05, 0) is 73.7 Å². The van der Waals surface area contributed by atoms with E-state index in [9.17, 15) is 9.59 Å². The fraction of sp³-hybridized carbons (Fsp3) is 0.357. The molecule has 1 saturated heterocycles. The molecule has 35 heavy (non-hydrogen) atoms. The predicted molar refractivity (Wildman–Crippen MR) is 142 cm³/mol. The molecule has 5 rings (SSSR count). The van der Waals surface area contributed by atoms with E-state index in [0.717, 1.165) is 58.1 Å². The fourth-order valence-electron chi connectivity index (χ4n) is 4.19. The smallest absolute Gasteiger partial charge is 0.252 e. The lowest BCUT2D eigenvalue weighted by Gasteiger charge is -2.29. The predicted octanol–water partition coefficient (Wildman–Crippen LogP) is 4.62. The number of hydrogen-bond acceptors (Lipinski definition) is 5. The Balaban J connectivity index is 1.23. The maximum Gasteiger partial charge on any atom is 0.252 e. The fourth-order valence-corrected chi connectivity index (χ4v) is 5.14. The number of hydrogen-bond donors (Lipinski definition) is 4. The van der Waals surface area contributed by atoms with E-state index >= 15 is 0 Å². The van der Waals surface area contributed by atoms with E-state index in [4.69, 9.17) is 0 Å². The van der Waals surface area contributed by atoms with Crippen LogP contribution >= 0.6 is 11.3 Å². The zero-order valence-corrected chi connectivity index (χ0v) is 21.0. The van der Waals surface area contributed by atoms with Gasteiger partial charge in [0.1, 0.15) is 0 Å². The van der Waals surface area contributed by atoms with Crippen molar-refractivity contribution in [2.24, 2.45) is 5.92 Å². The molecule has 3 aromatic rings. The number of thiophene rings is 1. The highest BCUT2D eigenvalue weighted by Gasteiger charge is 2.29. The number of nitrogens with one attached hydrogen (secondary N) is 4. The second-order valence-electron chi connectivity index (χ2n) is 9.61. The SMILES string of the molecule is Cc1ccc(NC2CNC2)cc1C(=O)N[C@H](C)c1cccc(-c2ccc(CNC(=O)C3CC3)s2)c1. The van der Waals surface area contributed by atoms with Crippen molar-refractivity contribution in [1.29, 1.82) is 0 Å². The summed E-state index contributed by atoms with van der Waals surface area (Å²) in [5.41, 5.74) is 4.80. The number of benzene rings is 2. The zero-order valence-electron chi connectivity index (χ0n) is 20.2. The van der Waals surface area contributed by atoms with Gasteiger partial charge in [0.05, 0.1) is 18.6 Å². The first-order valence-electron chi connectivity index (χ1n) is 12.3. The monoisotopic (exact) mass is 488 g/mol. The minimum Gasteiger partial charge on any atom is -0.380 e. The van der Waals surface area contributed by atoms with Crippen LogP contribution in [0.2, 0.25) is 0 Å². The lowest BCUT2D eigenvalue weighted by molar-refractivity contribution is -0.122. The molecule has 1 saturated carbocycles. The summed E-state index contributed by atoms with van der Waals surface area (Å²) in [6, 6.07) is 18.7. The molecule has 2 heterocycles. The Labute approximate surface area is 210 Å². The highest BCUT2D eigenvalue weighted by Crippen LogP contribution is 2.31. The van der Waals surface area contributed by atoms with Gasteiger partial charge in [-0.2, -0.15) is 0 Å². The molecule has 0 unspecified atom stereocenters. The molecule has 2 aliphatic rings. The summed E-state index contributed by atoms with van der Waals surface area (Å²) in [6.07, 6.45) is 2.03. The number of rotatable bonds is 9. The molecule has 182 valence electrons.